The molecule has 74 heavy (non-hydrogen) atoms. The first-order valence-electron chi connectivity index (χ1n) is 25.4. The normalized spacial score (nSPS) is 11.8. The summed E-state index contributed by atoms with van der Waals surface area (Å²) in [4.78, 5) is 2.42. The fourth-order valence-corrected chi connectivity index (χ4v) is 11.9. The summed E-state index contributed by atoms with van der Waals surface area (Å²) in [5.74, 6) is 0. The second kappa shape index (κ2) is 16.9. The van der Waals surface area contributed by atoms with E-state index in [2.05, 4.69) is 298 Å². The van der Waals surface area contributed by atoms with E-state index < -0.39 is 0 Å². The quantitative estimate of drug-likeness (QED) is 0.148. The summed E-state index contributed by atoms with van der Waals surface area (Å²) in [5.41, 5.74) is 18.6. The van der Waals surface area contributed by atoms with Crippen LogP contribution in [-0.4, -0.2) is 13.7 Å². The Morgan fingerprint density at radius 2 is 0.554 bits per heavy atom. The zero-order valence-electron chi connectivity index (χ0n) is 40.3. The van der Waals surface area contributed by atoms with Gasteiger partial charge in [-0.05, 0) is 137 Å². The first kappa shape index (κ1) is 41.8. The Morgan fingerprint density at radius 3 is 1.04 bits per heavy atom. The largest absolute Gasteiger partial charge is 0.310 e. The molecule has 0 aliphatic heterocycles. The SMILES string of the molecule is c1ccc(-n2c3ccccc3c3cc(-c4ccc(N(c5ccc(-c6ccc(-n7c8ccccc8c8ccccc87)cc6)cc5)c5ccc(-n6c7ccccc7c7ccccc76)cc5)c5ccccc45)ccc32)cc1. The Balaban J connectivity index is 0.852. The molecule has 0 amide bonds. The van der Waals surface area contributed by atoms with Crippen molar-refractivity contribution in [2.75, 3.05) is 4.90 Å². The molecule has 4 heteroatoms. The summed E-state index contributed by atoms with van der Waals surface area (Å²) in [5, 5.41) is 9.89. The van der Waals surface area contributed by atoms with Gasteiger partial charge in [-0.25, -0.2) is 0 Å². The highest BCUT2D eigenvalue weighted by molar-refractivity contribution is 6.13. The molecule has 3 heterocycles. The standard InChI is InChI=1S/C70H46N4/c1-2-16-50(17-3-1)72-68-29-15-10-24-62(68)63-46-49(34-44-70(63)72)55-43-45-69(57-19-5-4-18-56(55)57)71(52-39-41-54(42-40-52)74-66-27-13-8-22-60(66)61-23-9-14-28-67(61)74)51-35-30-47(31-36-51)48-32-37-53(38-33-48)73-64-25-11-6-20-58(64)59-21-7-12-26-65(59)73/h1-46H. The van der Waals surface area contributed by atoms with Crippen LogP contribution in [0.2, 0.25) is 0 Å². The molecule has 0 bridgehead atoms. The van der Waals surface area contributed by atoms with Gasteiger partial charge in [0.1, 0.15) is 0 Å². The molecule has 0 N–H and O–H groups in total. The number of nitrogens with zero attached hydrogens (tertiary/aromatic N) is 4. The van der Waals surface area contributed by atoms with Crippen LogP contribution in [0.15, 0.2) is 279 Å². The average molecular weight is 943 g/mol. The Kier molecular flexibility index (Phi) is 9.54. The predicted molar refractivity (Wildman–Crippen MR) is 313 cm³/mol. The zero-order chi connectivity index (χ0) is 48.7. The van der Waals surface area contributed by atoms with Gasteiger partial charge in [0, 0.05) is 66.1 Å². The number of fused-ring (bicyclic) bond motifs is 10. The maximum Gasteiger partial charge on any atom is 0.0541 e. The summed E-state index contributed by atoms with van der Waals surface area (Å²) in [6, 6.07) is 102. The number of anilines is 3. The number of hydrogen-bond acceptors (Lipinski definition) is 1. The molecule has 0 radical (unpaired) electrons. The first-order chi connectivity index (χ1) is 36.7. The smallest absolute Gasteiger partial charge is 0.0541 e. The number of para-hydroxylation sites is 6. The molecule has 346 valence electrons. The van der Waals surface area contributed by atoms with E-state index in [1.54, 1.807) is 0 Å². The molecule has 0 unspecified atom stereocenters. The van der Waals surface area contributed by atoms with E-state index in [9.17, 15) is 0 Å². The molecule has 15 rings (SSSR count). The van der Waals surface area contributed by atoms with Crippen molar-refractivity contribution in [3.8, 4) is 39.3 Å². The van der Waals surface area contributed by atoms with E-state index in [1.165, 1.54) is 92.9 Å². The molecule has 0 aliphatic rings. The molecule has 15 aromatic rings. The third kappa shape index (κ3) is 6.55. The summed E-state index contributed by atoms with van der Waals surface area (Å²) in [6.45, 7) is 0. The van der Waals surface area contributed by atoms with Crippen molar-refractivity contribution in [2.24, 2.45) is 0 Å². The third-order valence-corrected chi connectivity index (χ3v) is 15.3. The van der Waals surface area contributed by atoms with Crippen molar-refractivity contribution in [1.82, 2.24) is 13.7 Å². The molecule has 0 fully saturated rings. The fourth-order valence-electron chi connectivity index (χ4n) is 11.9. The molecule has 12 aromatic carbocycles. The van der Waals surface area contributed by atoms with Crippen molar-refractivity contribution < 1.29 is 0 Å². The second-order valence-corrected chi connectivity index (χ2v) is 19.3. The number of aromatic nitrogens is 3. The van der Waals surface area contributed by atoms with Crippen molar-refractivity contribution in [3.05, 3.63) is 279 Å². The maximum absolute atomic E-state index is 2.42. The minimum absolute atomic E-state index is 1.07. The summed E-state index contributed by atoms with van der Waals surface area (Å²) in [6.07, 6.45) is 0. The lowest BCUT2D eigenvalue weighted by Crippen LogP contribution is -2.11. The van der Waals surface area contributed by atoms with Crippen LogP contribution in [0, 0.1) is 0 Å². The van der Waals surface area contributed by atoms with Crippen molar-refractivity contribution in [1.29, 1.82) is 0 Å². The van der Waals surface area contributed by atoms with Gasteiger partial charge in [0.2, 0.25) is 0 Å². The summed E-state index contributed by atoms with van der Waals surface area (Å²) >= 11 is 0. The highest BCUT2D eigenvalue weighted by Crippen LogP contribution is 2.45. The van der Waals surface area contributed by atoms with Crippen molar-refractivity contribution >= 4 is 93.3 Å². The van der Waals surface area contributed by atoms with Crippen LogP contribution in [0.4, 0.5) is 17.1 Å². The van der Waals surface area contributed by atoms with Gasteiger partial charge in [0.05, 0.1) is 38.8 Å². The number of benzene rings is 12. The van der Waals surface area contributed by atoms with Crippen LogP contribution in [0.1, 0.15) is 0 Å². The summed E-state index contributed by atoms with van der Waals surface area (Å²) in [7, 11) is 0. The van der Waals surface area contributed by atoms with Gasteiger partial charge < -0.3 is 18.6 Å². The molecule has 4 nitrogen and oxygen atoms in total. The lowest BCUT2D eigenvalue weighted by molar-refractivity contribution is 1.17. The van der Waals surface area contributed by atoms with Crippen LogP contribution in [0.25, 0.3) is 116 Å². The van der Waals surface area contributed by atoms with E-state index in [1.807, 2.05) is 0 Å². The van der Waals surface area contributed by atoms with Crippen molar-refractivity contribution in [2.45, 2.75) is 0 Å². The van der Waals surface area contributed by atoms with Crippen LogP contribution < -0.4 is 4.90 Å². The minimum Gasteiger partial charge on any atom is -0.310 e. The highest BCUT2D eigenvalue weighted by Gasteiger charge is 2.21. The van der Waals surface area contributed by atoms with E-state index in [4.69, 9.17) is 0 Å². The van der Waals surface area contributed by atoms with E-state index >= 15 is 0 Å². The second-order valence-electron chi connectivity index (χ2n) is 19.3. The van der Waals surface area contributed by atoms with Gasteiger partial charge in [0.25, 0.3) is 0 Å². The molecule has 0 spiro atoms. The molecule has 0 aliphatic carbocycles. The van der Waals surface area contributed by atoms with Gasteiger partial charge in [-0.2, -0.15) is 0 Å². The average Bonchev–Trinajstić information content (AvgIpc) is 4.12. The maximum atomic E-state index is 2.42. The third-order valence-electron chi connectivity index (χ3n) is 15.3. The van der Waals surface area contributed by atoms with Gasteiger partial charge >= 0.3 is 0 Å². The predicted octanol–water partition coefficient (Wildman–Crippen LogP) is 18.9. The van der Waals surface area contributed by atoms with Crippen molar-refractivity contribution in [3.63, 3.8) is 0 Å². The minimum atomic E-state index is 1.07. The Labute approximate surface area is 428 Å². The van der Waals surface area contributed by atoms with Crippen LogP contribution in [-0.2, 0) is 0 Å². The van der Waals surface area contributed by atoms with Crippen LogP contribution in [0.3, 0.4) is 0 Å². The van der Waals surface area contributed by atoms with E-state index in [0.29, 0.717) is 0 Å². The molecular weight excluding hydrogens is 897 g/mol. The van der Waals surface area contributed by atoms with Gasteiger partial charge in [-0.15, -0.1) is 0 Å². The van der Waals surface area contributed by atoms with Gasteiger partial charge in [-0.3, -0.25) is 0 Å². The molecule has 0 saturated heterocycles. The number of rotatable bonds is 8. The Hall–Kier alpha value is -9.90. The lowest BCUT2D eigenvalue weighted by Gasteiger charge is -2.28. The fraction of sp³-hybridized carbons (Fsp3) is 0. The molecule has 0 saturated carbocycles. The zero-order valence-corrected chi connectivity index (χ0v) is 40.3. The first-order valence-corrected chi connectivity index (χ1v) is 25.4. The monoisotopic (exact) mass is 942 g/mol. The van der Waals surface area contributed by atoms with E-state index in [-0.39, 0.29) is 0 Å². The highest BCUT2D eigenvalue weighted by atomic mass is 15.1. The molecule has 3 aromatic heterocycles. The van der Waals surface area contributed by atoms with Crippen LogP contribution in [0.5, 0.6) is 0 Å². The lowest BCUT2D eigenvalue weighted by atomic mass is 9.95. The van der Waals surface area contributed by atoms with Crippen LogP contribution >= 0.6 is 0 Å². The Morgan fingerprint density at radius 1 is 0.216 bits per heavy atom. The van der Waals surface area contributed by atoms with Gasteiger partial charge in [-0.1, -0.05) is 170 Å². The summed E-state index contributed by atoms with van der Waals surface area (Å²) < 4.78 is 7.14. The number of hydrogen-bond donors (Lipinski definition) is 0. The molecular formula is C70H46N4. The van der Waals surface area contributed by atoms with E-state index in [0.717, 1.165) is 39.7 Å². The Bertz CT molecular complexity index is 4530. The topological polar surface area (TPSA) is 18.0 Å². The molecule has 0 atom stereocenters. The van der Waals surface area contributed by atoms with Gasteiger partial charge in [0.15, 0.2) is 0 Å².